The van der Waals surface area contributed by atoms with Crippen LogP contribution in [-0.4, -0.2) is 57.5 Å². The molecule has 0 unspecified atom stereocenters. The summed E-state index contributed by atoms with van der Waals surface area (Å²) in [4.78, 5) is 25.8. The minimum absolute atomic E-state index is 0.0545. The van der Waals surface area contributed by atoms with Crippen LogP contribution in [0.25, 0.3) is 0 Å². The van der Waals surface area contributed by atoms with Crippen molar-refractivity contribution >= 4 is 5.91 Å². The highest BCUT2D eigenvalue weighted by Gasteiger charge is 2.41. The van der Waals surface area contributed by atoms with Crippen molar-refractivity contribution in [3.05, 3.63) is 53.5 Å². The number of carbonyl (C=O) groups excluding carboxylic acids is 1. The van der Waals surface area contributed by atoms with E-state index in [0.29, 0.717) is 36.9 Å². The maximum Gasteiger partial charge on any atom is 0.416 e. The molecule has 9 heteroatoms. The summed E-state index contributed by atoms with van der Waals surface area (Å²) in [7, 11) is 0. The third-order valence-corrected chi connectivity index (χ3v) is 6.39. The number of halogens is 3. The molecule has 1 amide bonds. The summed E-state index contributed by atoms with van der Waals surface area (Å²) < 4.78 is 45.1. The number of benzene rings is 1. The highest BCUT2D eigenvalue weighted by molar-refractivity contribution is 5.82. The Labute approximate surface area is 184 Å². The number of amides is 1. The van der Waals surface area contributed by atoms with Crippen LogP contribution in [0.1, 0.15) is 48.4 Å². The molecule has 0 bridgehead atoms. The second-order valence-electron chi connectivity index (χ2n) is 8.85. The summed E-state index contributed by atoms with van der Waals surface area (Å²) in [6.45, 7) is 2.08. The van der Waals surface area contributed by atoms with Crippen LogP contribution in [0.4, 0.5) is 13.2 Å². The first-order valence-corrected chi connectivity index (χ1v) is 11.0. The summed E-state index contributed by atoms with van der Waals surface area (Å²) in [6.07, 6.45) is 2.47. The van der Waals surface area contributed by atoms with Crippen LogP contribution in [0.5, 0.6) is 5.88 Å². The van der Waals surface area contributed by atoms with Crippen molar-refractivity contribution in [1.29, 1.82) is 0 Å². The van der Waals surface area contributed by atoms with Crippen LogP contribution in [-0.2, 0) is 17.5 Å². The molecule has 170 valence electrons. The number of carbonyl (C=O) groups is 1. The first-order chi connectivity index (χ1) is 15.4. The average Bonchev–Trinajstić information content (AvgIpc) is 3.55. The Morgan fingerprint density at radius 1 is 1.12 bits per heavy atom. The number of alkyl halides is 3. The number of hydrogen-bond acceptors (Lipinski definition) is 5. The summed E-state index contributed by atoms with van der Waals surface area (Å²) in [5.74, 6) is 0.938. The molecule has 6 nitrogen and oxygen atoms in total. The van der Waals surface area contributed by atoms with Crippen LogP contribution in [0, 0.1) is 0 Å². The van der Waals surface area contributed by atoms with Crippen molar-refractivity contribution in [2.45, 2.75) is 56.5 Å². The Morgan fingerprint density at radius 2 is 1.97 bits per heavy atom. The van der Waals surface area contributed by atoms with Crippen molar-refractivity contribution in [1.82, 2.24) is 19.8 Å². The van der Waals surface area contributed by atoms with E-state index in [0.717, 1.165) is 43.6 Å². The zero-order valence-corrected chi connectivity index (χ0v) is 17.6. The lowest BCUT2D eigenvalue weighted by atomic mass is 10.1. The van der Waals surface area contributed by atoms with Gasteiger partial charge in [-0.15, -0.1) is 0 Å². The third kappa shape index (κ3) is 4.57. The van der Waals surface area contributed by atoms with Crippen molar-refractivity contribution in [2.24, 2.45) is 0 Å². The molecule has 2 atom stereocenters. The molecular weight excluding hydrogens is 421 g/mol. The van der Waals surface area contributed by atoms with Crippen LogP contribution in [0.3, 0.4) is 0 Å². The highest BCUT2D eigenvalue weighted by atomic mass is 19.4. The van der Waals surface area contributed by atoms with Gasteiger partial charge >= 0.3 is 6.18 Å². The van der Waals surface area contributed by atoms with Gasteiger partial charge in [0.15, 0.2) is 0 Å². The second-order valence-corrected chi connectivity index (χ2v) is 8.85. The summed E-state index contributed by atoms with van der Waals surface area (Å²) in [5, 5.41) is 0. The fourth-order valence-corrected chi connectivity index (χ4v) is 4.61. The minimum Gasteiger partial charge on any atom is -0.472 e. The van der Waals surface area contributed by atoms with Gasteiger partial charge in [0.2, 0.25) is 11.8 Å². The Kier molecular flexibility index (Phi) is 5.53. The predicted molar refractivity (Wildman–Crippen MR) is 110 cm³/mol. The van der Waals surface area contributed by atoms with E-state index in [1.165, 1.54) is 6.07 Å². The molecule has 5 rings (SSSR count). The maximum atomic E-state index is 13.2. The van der Waals surface area contributed by atoms with Crippen molar-refractivity contribution in [3.63, 3.8) is 0 Å². The van der Waals surface area contributed by atoms with Crippen molar-refractivity contribution in [3.8, 4) is 5.88 Å². The molecule has 0 spiro atoms. The lowest BCUT2D eigenvalue weighted by Crippen LogP contribution is -2.42. The summed E-state index contributed by atoms with van der Waals surface area (Å²) in [5.41, 5.74) is 0.790. The van der Waals surface area contributed by atoms with Gasteiger partial charge in [-0.05, 0) is 37.0 Å². The van der Waals surface area contributed by atoms with Gasteiger partial charge in [0.25, 0.3) is 0 Å². The van der Waals surface area contributed by atoms with E-state index in [1.54, 1.807) is 23.4 Å². The van der Waals surface area contributed by atoms with Gasteiger partial charge < -0.3 is 9.64 Å². The van der Waals surface area contributed by atoms with E-state index in [9.17, 15) is 18.0 Å². The number of ether oxygens (including phenoxy) is 1. The lowest BCUT2D eigenvalue weighted by molar-refractivity contribution is -0.137. The average molecular weight is 446 g/mol. The van der Waals surface area contributed by atoms with E-state index >= 15 is 0 Å². The van der Waals surface area contributed by atoms with E-state index in [2.05, 4.69) is 14.9 Å². The number of nitrogens with zero attached hydrogens (tertiary/aromatic N) is 4. The molecule has 1 aromatic heterocycles. The molecule has 1 aliphatic carbocycles. The predicted octanol–water partition coefficient (Wildman–Crippen LogP) is 3.63. The van der Waals surface area contributed by atoms with Gasteiger partial charge in [0, 0.05) is 38.5 Å². The maximum absolute atomic E-state index is 13.2. The SMILES string of the molecule is O=C1[C@H]2C[C@@H](Oc3cnc(C4CC4)cn3)CN2CCCN1Cc1cccc(C(F)(F)F)c1. The molecule has 1 saturated carbocycles. The molecule has 3 fully saturated rings. The van der Waals surface area contributed by atoms with Crippen LogP contribution < -0.4 is 4.74 Å². The van der Waals surface area contributed by atoms with Crippen molar-refractivity contribution in [2.75, 3.05) is 19.6 Å². The fraction of sp³-hybridized carbons (Fsp3) is 0.522. The second kappa shape index (κ2) is 8.35. The Balaban J connectivity index is 1.23. The summed E-state index contributed by atoms with van der Waals surface area (Å²) >= 11 is 0. The zero-order chi connectivity index (χ0) is 22.3. The molecule has 2 aromatic rings. The Hall–Kier alpha value is -2.68. The number of rotatable bonds is 5. The van der Waals surface area contributed by atoms with E-state index in [1.807, 2.05) is 0 Å². The monoisotopic (exact) mass is 446 g/mol. The highest BCUT2D eigenvalue weighted by Crippen LogP contribution is 2.38. The van der Waals surface area contributed by atoms with Gasteiger partial charge in [-0.2, -0.15) is 13.2 Å². The minimum atomic E-state index is -4.40. The van der Waals surface area contributed by atoms with Crippen LogP contribution in [0.2, 0.25) is 0 Å². The van der Waals surface area contributed by atoms with Gasteiger partial charge in [-0.25, -0.2) is 4.98 Å². The van der Waals surface area contributed by atoms with E-state index < -0.39 is 11.7 Å². The van der Waals surface area contributed by atoms with E-state index in [-0.39, 0.29) is 24.6 Å². The normalized spacial score (nSPS) is 24.3. The van der Waals surface area contributed by atoms with Crippen LogP contribution >= 0.6 is 0 Å². The first kappa shape index (κ1) is 21.2. The van der Waals surface area contributed by atoms with Gasteiger partial charge in [-0.3, -0.25) is 14.7 Å². The molecule has 0 N–H and O–H groups in total. The molecule has 3 aliphatic rings. The quantitative estimate of drug-likeness (QED) is 0.702. The number of aromatic nitrogens is 2. The van der Waals surface area contributed by atoms with Crippen molar-refractivity contribution < 1.29 is 22.7 Å². The Morgan fingerprint density at radius 3 is 2.69 bits per heavy atom. The van der Waals surface area contributed by atoms with Gasteiger partial charge in [0.1, 0.15) is 6.10 Å². The topological polar surface area (TPSA) is 58.6 Å². The van der Waals surface area contributed by atoms with E-state index in [4.69, 9.17) is 4.74 Å². The molecule has 2 saturated heterocycles. The summed E-state index contributed by atoms with van der Waals surface area (Å²) in [6, 6.07) is 4.87. The molecular formula is C23H25F3N4O2. The third-order valence-electron chi connectivity index (χ3n) is 6.39. The largest absolute Gasteiger partial charge is 0.472 e. The van der Waals surface area contributed by atoms with Crippen LogP contribution in [0.15, 0.2) is 36.7 Å². The standard InChI is InChI=1S/C23H25F3N4O2/c24-23(25,26)17-4-1-3-15(9-17)13-30-8-2-7-29-14-18(10-20(29)22(30)31)32-21-12-27-19(11-28-21)16-5-6-16/h1,3-4,9,11-12,16,18,20H,2,5-8,10,13-14H2/t18-,20-/m1/s1. The molecule has 0 radical (unpaired) electrons. The smallest absolute Gasteiger partial charge is 0.416 e. The molecule has 2 aliphatic heterocycles. The van der Waals surface area contributed by atoms with Gasteiger partial charge in [0.05, 0.1) is 29.7 Å². The number of fused-ring (bicyclic) bond motifs is 1. The fourth-order valence-electron chi connectivity index (χ4n) is 4.61. The lowest BCUT2D eigenvalue weighted by Gasteiger charge is -2.25. The zero-order valence-electron chi connectivity index (χ0n) is 17.6. The Bertz CT molecular complexity index is 978. The van der Waals surface area contributed by atoms with Gasteiger partial charge in [-0.1, -0.05) is 12.1 Å². The molecule has 3 heterocycles. The first-order valence-electron chi connectivity index (χ1n) is 11.0. The number of hydrogen-bond donors (Lipinski definition) is 0. The molecule has 32 heavy (non-hydrogen) atoms. The molecule has 1 aromatic carbocycles.